The molecule has 7 aromatic carbocycles. The number of nitrogens with zero attached hydrogens (tertiary/aromatic N) is 3. The van der Waals surface area contributed by atoms with E-state index in [9.17, 15) is 6.48 Å². The maximum absolute atomic E-state index is 13.1. The fourth-order valence-corrected chi connectivity index (χ4v) is 8.47. The van der Waals surface area contributed by atoms with Crippen molar-refractivity contribution in [2.24, 2.45) is 0 Å². The van der Waals surface area contributed by atoms with E-state index in [0.717, 1.165) is 22.3 Å². The third kappa shape index (κ3) is 9.86. The summed E-state index contributed by atoms with van der Waals surface area (Å²) in [5.74, 6) is -2.08. The van der Waals surface area contributed by atoms with Gasteiger partial charge in [-0.15, -0.1) is 29.3 Å². The Kier molecular flexibility index (Phi) is 6.88. The molecule has 0 aliphatic heterocycles. The molecule has 0 radical (unpaired) electrons. The van der Waals surface area contributed by atoms with Crippen molar-refractivity contribution in [2.75, 3.05) is 0 Å². The molecule has 0 saturated heterocycles. The molecule has 2 aromatic heterocycles. The Morgan fingerprint density at radius 1 is 0.571 bits per heavy atom. The number of phenolic OH excluding ortho intramolecular Hbond substituents is 1. The predicted octanol–water partition coefficient (Wildman–Crippen LogP) is 17.4. The summed E-state index contributed by atoms with van der Waals surface area (Å²) in [4.78, 5) is 9.38. The molecule has 358 valence electrons. The van der Waals surface area contributed by atoms with Gasteiger partial charge in [0.15, 0.2) is 0 Å². The molecule has 1 N–H and O–H groups in total. The molecule has 0 aliphatic rings. The van der Waals surface area contributed by atoms with Crippen LogP contribution in [-0.4, -0.2) is 19.6 Å². The Morgan fingerprint density at radius 2 is 1.24 bits per heavy atom. The first-order valence-corrected chi connectivity index (χ1v) is 22.1. The average Bonchev–Trinajstić information content (AvgIpc) is 0.692. The van der Waals surface area contributed by atoms with Gasteiger partial charge in [-0.1, -0.05) is 208 Å². The first-order chi connectivity index (χ1) is 44.2. The average molecular weight is 1130 g/mol. The Labute approximate surface area is 470 Å². The molecule has 0 atom stereocenters. The first-order valence-electron chi connectivity index (χ1n) is 36.1. The zero-order valence-electron chi connectivity index (χ0n) is 67.1. The second-order valence-electron chi connectivity index (χ2n) is 19.1. The van der Waals surface area contributed by atoms with Crippen LogP contribution in [0.5, 0.6) is 5.75 Å². The summed E-state index contributed by atoms with van der Waals surface area (Å²) in [6.45, 7) is -16.7. The molecule has 0 amide bonds. The molecule has 9 aromatic rings. The van der Waals surface area contributed by atoms with Crippen molar-refractivity contribution in [3.05, 3.63) is 192 Å². The number of pyridine rings is 1. The van der Waals surface area contributed by atoms with Gasteiger partial charge in [-0.2, -0.15) is 0 Å². The van der Waals surface area contributed by atoms with Crippen LogP contribution < -0.4 is 0 Å². The molecule has 70 heavy (non-hydrogen) atoms. The molecule has 0 aliphatic carbocycles. The van der Waals surface area contributed by atoms with Crippen molar-refractivity contribution in [3.63, 3.8) is 0 Å². The quantitative estimate of drug-likeness (QED) is 0.162. The molecular weight excluding hydrogens is 1030 g/mol. The van der Waals surface area contributed by atoms with Crippen molar-refractivity contribution in [1.29, 1.82) is 0 Å². The summed E-state index contributed by atoms with van der Waals surface area (Å²) in [6.07, 6.45) is -0.802. The van der Waals surface area contributed by atoms with Crippen molar-refractivity contribution in [3.8, 4) is 78.6 Å². The van der Waals surface area contributed by atoms with E-state index in [-0.39, 0.29) is 66.2 Å². The third-order valence-electron chi connectivity index (χ3n) is 12.0. The van der Waals surface area contributed by atoms with Crippen LogP contribution >= 0.6 is 0 Å². The number of fused-ring (bicyclic) bond motifs is 1. The van der Waals surface area contributed by atoms with Crippen LogP contribution in [0, 0.1) is 12.9 Å². The van der Waals surface area contributed by atoms with Crippen molar-refractivity contribution in [2.45, 2.75) is 111 Å². The monoisotopic (exact) mass is 1130 g/mol. The number of aromatic nitrogens is 3. The Balaban J connectivity index is 0.0000122. The largest absolute Gasteiger partial charge is 0.507 e. The van der Waals surface area contributed by atoms with Crippen LogP contribution in [0.15, 0.2) is 158 Å². The third-order valence-corrected chi connectivity index (χ3v) is 12.0. The molecule has 5 heteroatoms. The number of imidazole rings is 1. The van der Waals surface area contributed by atoms with Gasteiger partial charge < -0.3 is 5.11 Å². The van der Waals surface area contributed by atoms with Gasteiger partial charge in [0.2, 0.25) is 0 Å². The number of para-hydroxylation sites is 1. The molecular formula is C65H66N3OPt-. The van der Waals surface area contributed by atoms with E-state index in [1.54, 1.807) is 42.5 Å². The smallest absolute Gasteiger partial charge is 0.148 e. The second-order valence-corrected chi connectivity index (χ2v) is 19.1. The summed E-state index contributed by atoms with van der Waals surface area (Å²) >= 11 is 0. The van der Waals surface area contributed by atoms with E-state index in [0.29, 0.717) is 17.2 Å². The van der Waals surface area contributed by atoms with E-state index < -0.39 is 157 Å². The minimum absolute atomic E-state index is 0. The van der Waals surface area contributed by atoms with Crippen LogP contribution in [0.2, 0.25) is 0 Å². The van der Waals surface area contributed by atoms with E-state index in [1.165, 1.54) is 16.7 Å². The minimum atomic E-state index is -4.26. The first kappa shape index (κ1) is 25.7. The van der Waals surface area contributed by atoms with Gasteiger partial charge in [0, 0.05) is 73.0 Å². The van der Waals surface area contributed by atoms with Crippen molar-refractivity contribution >= 4 is 11.0 Å². The summed E-state index contributed by atoms with van der Waals surface area (Å²) < 4.78 is 247. The SMILES string of the molecule is [2H]c1nc(-c2[c-]c(-c3cccc4c3nc(-c3cc(C(C([2H])([2H])[2H])(C([2H])([2H])[2H])C([2H])([2H])[2H])cc(C(C([2H])([2H])[2H])(C([2H])([2H])[2H])C([2H])([2H])[2H])c3O)n4-c3ccc(-c4c(-c5ccccc5)cccc4C(C)(C)C)cc3)cc(C(C)(C)C)c2)c([2H])c(-c2c([2H])c([2H])c(C([2H])([2H])[2H])c([2H])c2[2H])c1[2H].[Pt]. The van der Waals surface area contributed by atoms with Crippen molar-refractivity contribution < 1.29 is 64.6 Å². The van der Waals surface area contributed by atoms with Crippen LogP contribution in [0.25, 0.3) is 83.9 Å². The maximum atomic E-state index is 13.1. The number of aromatic hydroxyl groups is 1. The zero-order valence-corrected chi connectivity index (χ0v) is 41.3. The van der Waals surface area contributed by atoms with Gasteiger partial charge in [-0.25, -0.2) is 4.98 Å². The number of hydrogen-bond donors (Lipinski definition) is 1. The molecule has 0 unspecified atom stereocenters. The van der Waals surface area contributed by atoms with E-state index in [1.807, 2.05) is 90.1 Å². The van der Waals surface area contributed by atoms with Crippen molar-refractivity contribution in [1.82, 2.24) is 14.5 Å². The van der Waals surface area contributed by atoms with Gasteiger partial charge in [0.05, 0.1) is 26.2 Å². The Bertz CT molecular complexity index is 4480. The van der Waals surface area contributed by atoms with Crippen LogP contribution in [-0.2, 0) is 42.7 Å². The van der Waals surface area contributed by atoms with Gasteiger partial charge in [0.25, 0.3) is 0 Å². The van der Waals surface area contributed by atoms with Gasteiger partial charge >= 0.3 is 0 Å². The second kappa shape index (κ2) is 18.8. The zero-order chi connectivity index (χ0) is 72.8. The fourth-order valence-electron chi connectivity index (χ4n) is 8.47. The molecule has 0 spiro atoms. The van der Waals surface area contributed by atoms with Crippen LogP contribution in [0.1, 0.15) is 149 Å². The van der Waals surface area contributed by atoms with Gasteiger partial charge in [-0.05, 0) is 103 Å². The summed E-state index contributed by atoms with van der Waals surface area (Å²) in [5, 5.41) is 13.1. The standard InChI is InChI=1S/C65H66N3O.Pt/c1-41-25-27-42(28-26-41)45-33-34-66-56(38-45)47-35-46(36-48(37-47)62(2,3)4)52-22-18-24-57-59(52)67-61(53-39-49(63(5,6)7)40-55(60(53)69)65(11,12)13)68(57)50-31-29-44(30-32-50)58-51(43-19-15-14-16-20-43)21-17-23-54(58)64(8,9)10;/h14-34,36-40,69H,1-13H3;/q-1;/i1D3,5D3,6D3,7D3,11D3,12D3,13D3,25D,26D,27D,28D,33D,34D,38D;. The van der Waals surface area contributed by atoms with Crippen LogP contribution in [0.4, 0.5) is 0 Å². The topological polar surface area (TPSA) is 50.9 Å². The summed E-state index contributed by atoms with van der Waals surface area (Å²) in [7, 11) is 0. The number of benzene rings is 7. The molecule has 0 bridgehead atoms. The molecule has 2 heterocycles. The van der Waals surface area contributed by atoms with E-state index in [2.05, 4.69) is 11.1 Å². The van der Waals surface area contributed by atoms with Gasteiger partial charge in [0.1, 0.15) is 11.6 Å². The molecule has 0 fully saturated rings. The maximum Gasteiger partial charge on any atom is 0.148 e. The number of rotatable bonds is 7. The van der Waals surface area contributed by atoms with E-state index >= 15 is 0 Å². The number of phenols is 1. The Morgan fingerprint density at radius 3 is 1.91 bits per heavy atom. The predicted molar refractivity (Wildman–Crippen MR) is 292 cm³/mol. The Hall–Kier alpha value is -6.35. The summed E-state index contributed by atoms with van der Waals surface area (Å²) in [5.41, 5.74) is -11.2. The van der Waals surface area contributed by atoms with Crippen LogP contribution in [0.3, 0.4) is 0 Å². The molecule has 0 saturated carbocycles. The number of hydrogen-bond acceptors (Lipinski definition) is 3. The minimum Gasteiger partial charge on any atom is -0.507 e. The molecule has 9 rings (SSSR count). The molecule has 4 nitrogen and oxygen atoms in total. The van der Waals surface area contributed by atoms with E-state index in [4.69, 9.17) is 42.0 Å². The van der Waals surface area contributed by atoms with Gasteiger partial charge in [-0.3, -0.25) is 9.55 Å². The fraction of sp³-hybridized carbons (Fsp3) is 0.262. The summed E-state index contributed by atoms with van der Waals surface area (Å²) in [6, 6.07) is 28.7. The normalized spacial score (nSPS) is 19.4.